The van der Waals surface area contributed by atoms with Crippen molar-refractivity contribution in [2.24, 2.45) is 0 Å². The van der Waals surface area contributed by atoms with Crippen LogP contribution >= 0.6 is 0 Å². The summed E-state index contributed by atoms with van der Waals surface area (Å²) in [5.74, 6) is -1.71. The lowest BCUT2D eigenvalue weighted by Crippen LogP contribution is -2.05. The summed E-state index contributed by atoms with van der Waals surface area (Å²) in [7, 11) is 1.96. The highest BCUT2D eigenvalue weighted by Crippen LogP contribution is 2.19. The highest BCUT2D eigenvalue weighted by atomic mass is 16.4. The Labute approximate surface area is 134 Å². The molecule has 2 rings (SSSR count). The Hall–Kier alpha value is -2.86. The summed E-state index contributed by atoms with van der Waals surface area (Å²) in [6.45, 7) is 1.02. The van der Waals surface area contributed by atoms with Crippen molar-refractivity contribution in [3.8, 4) is 11.5 Å². The van der Waals surface area contributed by atoms with Crippen molar-refractivity contribution in [3.05, 3.63) is 59.9 Å². The number of carboxylic acid groups (broad SMARTS) is 1. The molecule has 1 aromatic carbocycles. The average molecular weight is 316 g/mol. The molecule has 23 heavy (non-hydrogen) atoms. The predicted octanol–water partition coefficient (Wildman–Crippen LogP) is 2.50. The molecule has 0 atom stereocenters. The fourth-order valence-corrected chi connectivity index (χ4v) is 1.64. The summed E-state index contributed by atoms with van der Waals surface area (Å²) in [6, 6.07) is 7.16. The molecule has 0 saturated carbocycles. The van der Waals surface area contributed by atoms with Crippen LogP contribution in [-0.4, -0.2) is 39.9 Å². The van der Waals surface area contributed by atoms with Crippen LogP contribution in [0.25, 0.3) is 6.08 Å². The fraction of sp³-hybridized carbons (Fsp3) is 0.176. The number of aromatic nitrogens is 1. The molecule has 4 N–H and O–H groups in total. The zero-order chi connectivity index (χ0) is 17.1. The highest BCUT2D eigenvalue weighted by Gasteiger charge is 2.04. The van der Waals surface area contributed by atoms with Crippen molar-refractivity contribution in [2.45, 2.75) is 6.42 Å². The molecule has 6 heteroatoms. The van der Waals surface area contributed by atoms with Gasteiger partial charge >= 0.3 is 5.97 Å². The van der Waals surface area contributed by atoms with E-state index in [1.165, 1.54) is 0 Å². The Morgan fingerprint density at radius 3 is 2.48 bits per heavy atom. The summed E-state index contributed by atoms with van der Waals surface area (Å²) < 4.78 is 0. The van der Waals surface area contributed by atoms with Gasteiger partial charge in [-0.2, -0.15) is 0 Å². The molecule has 0 aliphatic rings. The SMILES string of the molecule is CNCCC=Cc1cccnc1.O=C(O)c1cc(O)cc(O)c1. The molecule has 0 amide bonds. The van der Waals surface area contributed by atoms with Crippen LogP contribution in [0.4, 0.5) is 0 Å². The van der Waals surface area contributed by atoms with Crippen LogP contribution in [0.2, 0.25) is 0 Å². The molecule has 0 aliphatic heterocycles. The number of carboxylic acids is 1. The first-order valence-electron chi connectivity index (χ1n) is 7.00. The smallest absolute Gasteiger partial charge is 0.335 e. The standard InChI is InChI=1S/C10H14N2.C7H6O4/c1-11-7-3-2-5-10-6-4-8-12-9-10;8-5-1-4(7(10)11)2-6(9)3-5/h2,4-6,8-9,11H,3,7H2,1H3;1-3,8-9H,(H,10,11). The number of hydrogen-bond donors (Lipinski definition) is 4. The molecule has 0 fully saturated rings. The van der Waals surface area contributed by atoms with Crippen molar-refractivity contribution in [3.63, 3.8) is 0 Å². The number of carbonyl (C=O) groups is 1. The topological polar surface area (TPSA) is 103 Å². The monoisotopic (exact) mass is 316 g/mol. The number of nitrogens with zero attached hydrogens (tertiary/aromatic N) is 1. The zero-order valence-electron chi connectivity index (χ0n) is 12.8. The molecule has 1 aromatic heterocycles. The molecule has 1 heterocycles. The quantitative estimate of drug-likeness (QED) is 0.632. The number of aromatic carboxylic acids is 1. The number of phenolic OH excluding ortho intramolecular Hbond substituents is 2. The molecule has 0 spiro atoms. The van der Waals surface area contributed by atoms with Gasteiger partial charge in [0.05, 0.1) is 5.56 Å². The van der Waals surface area contributed by atoms with Crippen LogP contribution in [0.3, 0.4) is 0 Å². The van der Waals surface area contributed by atoms with Gasteiger partial charge < -0.3 is 20.6 Å². The minimum absolute atomic E-state index is 0.137. The summed E-state index contributed by atoms with van der Waals surface area (Å²) in [6.07, 6.45) is 8.93. The molecular formula is C17H20N2O4. The average Bonchev–Trinajstić information content (AvgIpc) is 2.52. The molecule has 0 unspecified atom stereocenters. The molecule has 122 valence electrons. The van der Waals surface area contributed by atoms with Crippen LogP contribution < -0.4 is 5.32 Å². The van der Waals surface area contributed by atoms with Crippen LogP contribution in [0.15, 0.2) is 48.8 Å². The predicted molar refractivity (Wildman–Crippen MR) is 88.5 cm³/mol. The van der Waals surface area contributed by atoms with Gasteiger partial charge in [0.2, 0.25) is 0 Å². The lowest BCUT2D eigenvalue weighted by molar-refractivity contribution is 0.0696. The maximum absolute atomic E-state index is 10.3. The second-order valence-electron chi connectivity index (χ2n) is 4.62. The van der Waals surface area contributed by atoms with Crippen LogP contribution in [0.1, 0.15) is 22.3 Å². The van der Waals surface area contributed by atoms with Gasteiger partial charge in [0.15, 0.2) is 0 Å². The first-order valence-corrected chi connectivity index (χ1v) is 7.00. The molecule has 2 aromatic rings. The van der Waals surface area contributed by atoms with Crippen molar-refractivity contribution >= 4 is 12.0 Å². The summed E-state index contributed by atoms with van der Waals surface area (Å²) >= 11 is 0. The van der Waals surface area contributed by atoms with E-state index in [0.717, 1.165) is 36.7 Å². The van der Waals surface area contributed by atoms with E-state index in [0.29, 0.717) is 0 Å². The number of rotatable bonds is 5. The van der Waals surface area contributed by atoms with E-state index >= 15 is 0 Å². The van der Waals surface area contributed by atoms with Gasteiger partial charge in [0.25, 0.3) is 0 Å². The zero-order valence-corrected chi connectivity index (χ0v) is 12.8. The minimum Gasteiger partial charge on any atom is -0.508 e. The third-order valence-electron chi connectivity index (χ3n) is 2.71. The third-order valence-corrected chi connectivity index (χ3v) is 2.71. The number of hydrogen-bond acceptors (Lipinski definition) is 5. The van der Waals surface area contributed by atoms with Crippen molar-refractivity contribution in [2.75, 3.05) is 13.6 Å². The van der Waals surface area contributed by atoms with Gasteiger partial charge in [-0.1, -0.05) is 18.2 Å². The number of aromatic hydroxyl groups is 2. The van der Waals surface area contributed by atoms with Crippen LogP contribution in [0, 0.1) is 0 Å². The van der Waals surface area contributed by atoms with E-state index in [2.05, 4.69) is 22.5 Å². The maximum Gasteiger partial charge on any atom is 0.335 e. The van der Waals surface area contributed by atoms with E-state index in [-0.39, 0.29) is 17.1 Å². The summed E-state index contributed by atoms with van der Waals surface area (Å²) in [5.41, 5.74) is 1.02. The minimum atomic E-state index is -1.18. The van der Waals surface area contributed by atoms with Crippen LogP contribution in [0.5, 0.6) is 11.5 Å². The van der Waals surface area contributed by atoms with Gasteiger partial charge in [0.1, 0.15) is 11.5 Å². The Bertz CT molecular complexity index is 622. The lowest BCUT2D eigenvalue weighted by Gasteiger charge is -1.96. The van der Waals surface area contributed by atoms with E-state index in [1.807, 2.05) is 25.4 Å². The number of benzene rings is 1. The van der Waals surface area contributed by atoms with Gasteiger partial charge in [0, 0.05) is 18.5 Å². The Morgan fingerprint density at radius 1 is 1.26 bits per heavy atom. The van der Waals surface area contributed by atoms with Crippen LogP contribution in [-0.2, 0) is 0 Å². The summed E-state index contributed by atoms with van der Waals surface area (Å²) in [5, 5.41) is 29.1. The van der Waals surface area contributed by atoms with Gasteiger partial charge in [-0.15, -0.1) is 0 Å². The van der Waals surface area contributed by atoms with E-state index in [9.17, 15) is 4.79 Å². The molecule has 0 radical (unpaired) electrons. The second kappa shape index (κ2) is 9.97. The fourth-order valence-electron chi connectivity index (χ4n) is 1.64. The molecule has 0 aliphatic carbocycles. The maximum atomic E-state index is 10.3. The lowest BCUT2D eigenvalue weighted by atomic mass is 10.2. The Balaban J connectivity index is 0.000000231. The van der Waals surface area contributed by atoms with Crippen molar-refractivity contribution in [1.82, 2.24) is 10.3 Å². The van der Waals surface area contributed by atoms with E-state index < -0.39 is 5.97 Å². The van der Waals surface area contributed by atoms with Crippen molar-refractivity contribution < 1.29 is 20.1 Å². The summed E-state index contributed by atoms with van der Waals surface area (Å²) in [4.78, 5) is 14.3. The molecule has 0 saturated heterocycles. The van der Waals surface area contributed by atoms with Crippen molar-refractivity contribution in [1.29, 1.82) is 0 Å². The van der Waals surface area contributed by atoms with Gasteiger partial charge in [-0.05, 0) is 43.8 Å². The third kappa shape index (κ3) is 7.63. The molecule has 0 bridgehead atoms. The number of nitrogens with one attached hydrogen (secondary N) is 1. The van der Waals surface area contributed by atoms with Gasteiger partial charge in [-0.25, -0.2) is 4.79 Å². The number of pyridine rings is 1. The largest absolute Gasteiger partial charge is 0.508 e. The Morgan fingerprint density at radius 2 is 1.96 bits per heavy atom. The normalized spacial score (nSPS) is 10.1. The van der Waals surface area contributed by atoms with Gasteiger partial charge in [-0.3, -0.25) is 4.98 Å². The highest BCUT2D eigenvalue weighted by molar-refractivity contribution is 5.88. The van der Waals surface area contributed by atoms with E-state index in [1.54, 1.807) is 6.20 Å². The number of phenols is 2. The van der Waals surface area contributed by atoms with E-state index in [4.69, 9.17) is 15.3 Å². The first-order chi connectivity index (χ1) is 11.0. The Kier molecular flexibility index (Phi) is 7.88. The first kappa shape index (κ1) is 18.2. The molecule has 6 nitrogen and oxygen atoms in total. The second-order valence-corrected chi connectivity index (χ2v) is 4.62. The molecular weight excluding hydrogens is 296 g/mol.